The lowest BCUT2D eigenvalue weighted by Gasteiger charge is -2.21. The summed E-state index contributed by atoms with van der Waals surface area (Å²) < 4.78 is 17.9. The molecule has 3 heterocycles. The van der Waals surface area contributed by atoms with Gasteiger partial charge in [0.05, 0.1) is 33.8 Å². The van der Waals surface area contributed by atoms with Gasteiger partial charge in [-0.3, -0.25) is 14.0 Å². The van der Waals surface area contributed by atoms with E-state index in [1.54, 1.807) is 24.0 Å². The van der Waals surface area contributed by atoms with Gasteiger partial charge < -0.3 is 10.6 Å². The Morgan fingerprint density at radius 3 is 2.44 bits per heavy atom. The van der Waals surface area contributed by atoms with Gasteiger partial charge in [-0.25, -0.2) is 19.2 Å². The molecule has 9 nitrogen and oxygen atoms in total. The lowest BCUT2D eigenvalue weighted by Crippen LogP contribution is -2.25. The summed E-state index contributed by atoms with van der Waals surface area (Å²) in [5.74, 6) is -0.744. The van der Waals surface area contributed by atoms with Gasteiger partial charge in [-0.1, -0.05) is 23.4 Å². The van der Waals surface area contributed by atoms with Gasteiger partial charge >= 0.3 is 6.03 Å². The van der Waals surface area contributed by atoms with Gasteiger partial charge in [0.1, 0.15) is 11.5 Å². The van der Waals surface area contributed by atoms with E-state index in [1.807, 2.05) is 34.0 Å². The summed E-state index contributed by atoms with van der Waals surface area (Å²) in [6.07, 6.45) is 4.99. The minimum atomic E-state index is -0.744. The summed E-state index contributed by atoms with van der Waals surface area (Å²) in [5.41, 5.74) is 1.41. The van der Waals surface area contributed by atoms with Crippen LogP contribution in [0.15, 0.2) is 40.5 Å². The molecule has 0 atom stereocenters. The monoisotopic (exact) mass is 529 g/mol. The van der Waals surface area contributed by atoms with E-state index >= 15 is 0 Å². The highest BCUT2D eigenvalue weighted by Gasteiger charge is 2.21. The minimum absolute atomic E-state index is 0.0267. The number of aromatic nitrogens is 5. The van der Waals surface area contributed by atoms with E-state index in [4.69, 9.17) is 11.6 Å². The molecule has 0 fully saturated rings. The maximum Gasteiger partial charge on any atom is 0.323 e. The minimum Gasteiger partial charge on any atom is -0.305 e. The number of hydrogen-bond acceptors (Lipinski definition) is 6. The Kier molecular flexibility index (Phi) is 6.80. The van der Waals surface area contributed by atoms with Crippen molar-refractivity contribution < 1.29 is 9.18 Å². The third-order valence-electron chi connectivity index (χ3n) is 5.60. The fraction of sp³-hybridized carbons (Fsp3) is 0.292. The molecule has 1 aromatic carbocycles. The summed E-state index contributed by atoms with van der Waals surface area (Å²) in [6, 6.07) is 3.34. The van der Waals surface area contributed by atoms with Gasteiger partial charge in [0.2, 0.25) is 0 Å². The van der Waals surface area contributed by atoms with Crippen molar-refractivity contribution in [2.24, 2.45) is 7.05 Å². The number of rotatable bonds is 4. The average molecular weight is 530 g/mol. The van der Waals surface area contributed by atoms with Crippen molar-refractivity contribution in [1.29, 1.82) is 0 Å². The van der Waals surface area contributed by atoms with Crippen LogP contribution in [-0.4, -0.2) is 36.6 Å². The molecular weight excluding hydrogens is 505 g/mol. The lowest BCUT2D eigenvalue weighted by atomic mass is 10.0. The molecule has 0 unspecified atom stereocenters. The number of carbonyl (C=O) groups is 1. The van der Waals surface area contributed by atoms with Gasteiger partial charge in [0, 0.05) is 29.8 Å². The Balaban J connectivity index is 1.69. The third-order valence-corrected chi connectivity index (χ3v) is 6.47. The number of nitrogens with one attached hydrogen (secondary N) is 2. The number of fused-ring (bicyclic) bond motifs is 1. The van der Waals surface area contributed by atoms with E-state index in [1.165, 1.54) is 28.6 Å². The first-order chi connectivity index (χ1) is 16.9. The van der Waals surface area contributed by atoms with Gasteiger partial charge in [-0.05, 0) is 52.1 Å². The maximum absolute atomic E-state index is 14.8. The molecular formula is C24H25ClFN7O2S. The number of aryl methyl sites for hydroxylation is 1. The highest BCUT2D eigenvalue weighted by atomic mass is 35.5. The molecule has 36 heavy (non-hydrogen) atoms. The van der Waals surface area contributed by atoms with E-state index in [0.29, 0.717) is 21.9 Å². The van der Waals surface area contributed by atoms with Crippen LogP contribution in [0.5, 0.6) is 0 Å². The molecule has 0 aliphatic heterocycles. The van der Waals surface area contributed by atoms with Crippen molar-refractivity contribution in [1.82, 2.24) is 24.3 Å². The highest BCUT2D eigenvalue weighted by molar-refractivity contribution is 7.98. The number of nitrogens with zero attached hydrogens (tertiary/aromatic N) is 5. The van der Waals surface area contributed by atoms with Crippen LogP contribution in [0.4, 0.5) is 20.6 Å². The van der Waals surface area contributed by atoms with Crippen LogP contribution < -0.4 is 16.2 Å². The second kappa shape index (κ2) is 9.55. The highest BCUT2D eigenvalue weighted by Crippen LogP contribution is 2.32. The number of carbonyl (C=O) groups excluding carboxylic acids is 1. The second-order valence-corrected chi connectivity index (χ2v) is 10.4. The SMILES string of the molecule is CSc1ncc2cc(-c3cc(NC(=O)Nc4cnn(C(C)(C)C)c4C)c(F)cc3Cl)c(=O)n(C)c2n1. The first-order valence-corrected chi connectivity index (χ1v) is 12.5. The van der Waals surface area contributed by atoms with Crippen molar-refractivity contribution in [3.63, 3.8) is 0 Å². The normalized spacial score (nSPS) is 11.7. The quantitative estimate of drug-likeness (QED) is 0.270. The standard InChI is InChI=1S/C24H25ClFN7O2S/c1-12-19(11-28-33(12)24(2,3)4)30-22(35)29-18-8-14(16(25)9-17(18)26)15-7-13-10-27-23(36-6)31-20(13)32(5)21(15)34/h7-11H,1-6H3,(H2,29,30,35). The number of hydrogen-bond donors (Lipinski definition) is 2. The predicted molar refractivity (Wildman–Crippen MR) is 142 cm³/mol. The molecule has 0 bridgehead atoms. The number of amides is 2. The average Bonchev–Trinajstić information content (AvgIpc) is 3.18. The van der Waals surface area contributed by atoms with E-state index in [0.717, 1.165) is 11.8 Å². The van der Waals surface area contributed by atoms with Crippen LogP contribution in [0.2, 0.25) is 5.02 Å². The molecule has 2 amide bonds. The Morgan fingerprint density at radius 1 is 1.11 bits per heavy atom. The van der Waals surface area contributed by atoms with Gasteiger partial charge in [0.15, 0.2) is 5.16 Å². The molecule has 0 radical (unpaired) electrons. The van der Waals surface area contributed by atoms with E-state index < -0.39 is 11.8 Å². The number of urea groups is 1. The molecule has 2 N–H and O–H groups in total. The summed E-state index contributed by atoms with van der Waals surface area (Å²) in [7, 11) is 1.59. The maximum atomic E-state index is 14.8. The fourth-order valence-electron chi connectivity index (χ4n) is 3.86. The molecule has 4 rings (SSSR count). The van der Waals surface area contributed by atoms with Crippen LogP contribution in [-0.2, 0) is 12.6 Å². The molecule has 0 aliphatic carbocycles. The molecule has 0 aliphatic rings. The number of thioether (sulfide) groups is 1. The van der Waals surface area contributed by atoms with Crippen LogP contribution in [0.1, 0.15) is 26.5 Å². The number of anilines is 2. The first kappa shape index (κ1) is 25.6. The lowest BCUT2D eigenvalue weighted by molar-refractivity contribution is 0.262. The summed E-state index contributed by atoms with van der Waals surface area (Å²) >= 11 is 7.69. The van der Waals surface area contributed by atoms with E-state index in [2.05, 4.69) is 25.7 Å². The Bertz CT molecular complexity index is 1560. The zero-order valence-electron chi connectivity index (χ0n) is 20.6. The van der Waals surface area contributed by atoms with E-state index in [9.17, 15) is 14.0 Å². The molecule has 0 saturated heterocycles. The molecule has 0 spiro atoms. The zero-order chi connectivity index (χ0) is 26.4. The zero-order valence-corrected chi connectivity index (χ0v) is 22.2. The van der Waals surface area contributed by atoms with Gasteiger partial charge in [0.25, 0.3) is 5.56 Å². The van der Waals surface area contributed by atoms with Crippen molar-refractivity contribution in [2.75, 3.05) is 16.9 Å². The molecule has 0 saturated carbocycles. The molecule has 4 aromatic rings. The first-order valence-electron chi connectivity index (χ1n) is 10.9. The topological polar surface area (TPSA) is 107 Å². The summed E-state index contributed by atoms with van der Waals surface area (Å²) in [6.45, 7) is 7.81. The van der Waals surface area contributed by atoms with Crippen molar-refractivity contribution in [3.05, 3.63) is 57.5 Å². The van der Waals surface area contributed by atoms with E-state index in [-0.39, 0.29) is 32.9 Å². The van der Waals surface area contributed by atoms with Gasteiger partial charge in [-0.15, -0.1) is 0 Å². The predicted octanol–water partition coefficient (Wildman–Crippen LogP) is 5.41. The Hall–Kier alpha value is -3.44. The van der Waals surface area contributed by atoms with Crippen LogP contribution >= 0.6 is 23.4 Å². The summed E-state index contributed by atoms with van der Waals surface area (Å²) in [5, 5.41) is 10.7. The van der Waals surface area contributed by atoms with Crippen LogP contribution in [0, 0.1) is 12.7 Å². The molecule has 188 valence electrons. The van der Waals surface area contributed by atoms with Crippen molar-refractivity contribution in [2.45, 2.75) is 38.4 Å². The van der Waals surface area contributed by atoms with Crippen molar-refractivity contribution >= 4 is 51.8 Å². The van der Waals surface area contributed by atoms with Gasteiger partial charge in [-0.2, -0.15) is 5.10 Å². The number of pyridine rings is 1. The second-order valence-electron chi connectivity index (χ2n) is 9.18. The number of halogens is 2. The largest absolute Gasteiger partial charge is 0.323 e. The smallest absolute Gasteiger partial charge is 0.305 e. The molecule has 12 heteroatoms. The summed E-state index contributed by atoms with van der Waals surface area (Å²) in [4.78, 5) is 34.5. The van der Waals surface area contributed by atoms with Crippen LogP contribution in [0.3, 0.4) is 0 Å². The third kappa shape index (κ3) is 4.80. The fourth-order valence-corrected chi connectivity index (χ4v) is 4.45. The van der Waals surface area contributed by atoms with Crippen molar-refractivity contribution in [3.8, 4) is 11.1 Å². The number of benzene rings is 1. The molecule has 3 aromatic heterocycles. The Labute approximate surface area is 216 Å². The van der Waals surface area contributed by atoms with Crippen LogP contribution in [0.25, 0.3) is 22.2 Å². The Morgan fingerprint density at radius 2 is 1.81 bits per heavy atom.